The third-order valence-corrected chi connectivity index (χ3v) is 4.29. The summed E-state index contributed by atoms with van der Waals surface area (Å²) in [6.45, 7) is 5.98. The summed E-state index contributed by atoms with van der Waals surface area (Å²) in [5.74, 6) is -0.319. The van der Waals surface area contributed by atoms with Crippen LogP contribution in [-0.2, 0) is 6.42 Å². The zero-order valence-corrected chi connectivity index (χ0v) is 16.2. The second kappa shape index (κ2) is 8.35. The van der Waals surface area contributed by atoms with Crippen LogP contribution in [0.2, 0.25) is 0 Å². The van der Waals surface area contributed by atoms with E-state index in [9.17, 15) is 4.39 Å². The fourth-order valence-electron chi connectivity index (χ4n) is 2.38. The summed E-state index contributed by atoms with van der Waals surface area (Å²) >= 11 is 8.55. The Kier molecular flexibility index (Phi) is 6.45. The molecule has 0 saturated heterocycles. The van der Waals surface area contributed by atoms with Crippen LogP contribution in [0.1, 0.15) is 29.2 Å². The first-order chi connectivity index (χ1) is 11.4. The van der Waals surface area contributed by atoms with Gasteiger partial charge in [0.15, 0.2) is 5.11 Å². The Morgan fingerprint density at radius 1 is 1.29 bits per heavy atom. The van der Waals surface area contributed by atoms with Gasteiger partial charge < -0.3 is 5.32 Å². The van der Waals surface area contributed by atoms with Crippen LogP contribution in [0, 0.1) is 19.7 Å². The molecule has 0 aliphatic rings. The molecule has 6 heteroatoms. The van der Waals surface area contributed by atoms with Crippen molar-refractivity contribution in [2.45, 2.75) is 27.2 Å². The van der Waals surface area contributed by atoms with Gasteiger partial charge in [-0.05, 0) is 61.3 Å². The lowest BCUT2D eigenvalue weighted by Gasteiger charge is -2.12. The van der Waals surface area contributed by atoms with Crippen LogP contribution >= 0.6 is 28.1 Å². The van der Waals surface area contributed by atoms with Crippen LogP contribution < -0.4 is 10.7 Å². The van der Waals surface area contributed by atoms with Crippen molar-refractivity contribution in [3.63, 3.8) is 0 Å². The third kappa shape index (κ3) is 4.61. The van der Waals surface area contributed by atoms with Gasteiger partial charge in [0, 0.05) is 15.7 Å². The summed E-state index contributed by atoms with van der Waals surface area (Å²) in [6, 6.07) is 9.32. The van der Waals surface area contributed by atoms with E-state index in [1.165, 1.54) is 12.3 Å². The van der Waals surface area contributed by atoms with Gasteiger partial charge in [-0.2, -0.15) is 5.10 Å². The number of thiocarbonyl (C=S) groups is 1. The Bertz CT molecular complexity index is 770. The number of anilines is 1. The van der Waals surface area contributed by atoms with E-state index >= 15 is 0 Å². The molecule has 2 aromatic carbocycles. The molecule has 0 atom stereocenters. The Hall–Kier alpha value is -1.79. The van der Waals surface area contributed by atoms with Gasteiger partial charge in [-0.25, -0.2) is 4.39 Å². The van der Waals surface area contributed by atoms with Crippen LogP contribution in [0.4, 0.5) is 10.1 Å². The minimum Gasteiger partial charge on any atom is -0.331 e. The maximum Gasteiger partial charge on any atom is 0.191 e. The van der Waals surface area contributed by atoms with E-state index in [0.717, 1.165) is 22.4 Å². The first-order valence-corrected chi connectivity index (χ1v) is 8.76. The van der Waals surface area contributed by atoms with Gasteiger partial charge in [0.2, 0.25) is 0 Å². The van der Waals surface area contributed by atoms with E-state index in [4.69, 9.17) is 12.2 Å². The highest BCUT2D eigenvalue weighted by molar-refractivity contribution is 9.10. The molecule has 0 aromatic heterocycles. The zero-order chi connectivity index (χ0) is 17.7. The molecule has 0 amide bonds. The van der Waals surface area contributed by atoms with E-state index < -0.39 is 0 Å². The Morgan fingerprint density at radius 3 is 2.58 bits per heavy atom. The van der Waals surface area contributed by atoms with Crippen molar-refractivity contribution in [3.05, 3.63) is 62.9 Å². The largest absolute Gasteiger partial charge is 0.331 e. The maximum atomic E-state index is 14.1. The number of hydrazone groups is 1. The minimum atomic E-state index is -0.319. The molecule has 0 radical (unpaired) electrons. The van der Waals surface area contributed by atoms with Gasteiger partial charge in [0.1, 0.15) is 5.82 Å². The SMILES string of the molecule is CCc1cc(Br)cc(F)c1/C=N/NC(=S)Nc1c(C)cccc1C. The standard InChI is InChI=1S/C18H19BrFN3S/c1-4-13-8-14(19)9-16(20)15(13)10-21-23-18(24)22-17-11(2)6-5-7-12(17)3/h5-10H,4H2,1-3H3,(H2,22,23,24)/b21-10+. The van der Waals surface area contributed by atoms with Gasteiger partial charge in [-0.3, -0.25) is 5.43 Å². The van der Waals surface area contributed by atoms with Crippen molar-refractivity contribution in [2.24, 2.45) is 5.10 Å². The number of hydrogen-bond donors (Lipinski definition) is 2. The van der Waals surface area contributed by atoms with Crippen molar-refractivity contribution in [3.8, 4) is 0 Å². The van der Waals surface area contributed by atoms with Gasteiger partial charge >= 0.3 is 0 Å². The number of benzene rings is 2. The fourth-order valence-corrected chi connectivity index (χ4v) is 3.02. The maximum absolute atomic E-state index is 14.1. The molecule has 2 aromatic rings. The number of aryl methyl sites for hydroxylation is 3. The topological polar surface area (TPSA) is 36.4 Å². The van der Waals surface area contributed by atoms with Crippen LogP contribution in [0.25, 0.3) is 0 Å². The van der Waals surface area contributed by atoms with E-state index in [0.29, 0.717) is 21.6 Å². The van der Waals surface area contributed by atoms with Crippen molar-refractivity contribution < 1.29 is 4.39 Å². The molecule has 0 fully saturated rings. The zero-order valence-electron chi connectivity index (χ0n) is 13.8. The Balaban J connectivity index is 2.08. The van der Waals surface area contributed by atoms with Gasteiger partial charge in [0.25, 0.3) is 0 Å². The van der Waals surface area contributed by atoms with Crippen molar-refractivity contribution >= 4 is 45.2 Å². The second-order valence-electron chi connectivity index (χ2n) is 5.40. The highest BCUT2D eigenvalue weighted by Gasteiger charge is 2.08. The molecule has 0 spiro atoms. The predicted octanol–water partition coefficient (Wildman–Crippen LogP) is 5.09. The summed E-state index contributed by atoms with van der Waals surface area (Å²) < 4.78 is 14.8. The lowest BCUT2D eigenvalue weighted by molar-refractivity contribution is 0.622. The molecular weight excluding hydrogens is 389 g/mol. The van der Waals surface area contributed by atoms with Gasteiger partial charge in [-0.15, -0.1) is 0 Å². The summed E-state index contributed by atoms with van der Waals surface area (Å²) in [7, 11) is 0. The number of para-hydroxylation sites is 1. The summed E-state index contributed by atoms with van der Waals surface area (Å²) in [5.41, 5.74) is 7.21. The smallest absolute Gasteiger partial charge is 0.191 e. The Labute approximate surface area is 155 Å². The van der Waals surface area contributed by atoms with Crippen molar-refractivity contribution in [1.82, 2.24) is 5.43 Å². The molecule has 24 heavy (non-hydrogen) atoms. The van der Waals surface area contributed by atoms with Crippen LogP contribution in [0.3, 0.4) is 0 Å². The molecule has 0 bridgehead atoms. The molecule has 2 N–H and O–H groups in total. The lowest BCUT2D eigenvalue weighted by atomic mass is 10.1. The number of nitrogens with zero attached hydrogens (tertiary/aromatic N) is 1. The molecule has 0 saturated carbocycles. The summed E-state index contributed by atoms with van der Waals surface area (Å²) in [6.07, 6.45) is 2.17. The fraction of sp³-hybridized carbons (Fsp3) is 0.222. The van der Waals surface area contributed by atoms with E-state index in [1.807, 2.05) is 45.0 Å². The molecule has 0 aliphatic heterocycles. The highest BCUT2D eigenvalue weighted by Crippen LogP contribution is 2.20. The third-order valence-electron chi connectivity index (χ3n) is 3.64. The summed E-state index contributed by atoms with van der Waals surface area (Å²) in [5, 5.41) is 7.54. The van der Waals surface area contributed by atoms with Crippen LogP contribution in [-0.4, -0.2) is 11.3 Å². The van der Waals surface area contributed by atoms with E-state index in [-0.39, 0.29) is 5.82 Å². The van der Waals surface area contributed by atoms with Crippen molar-refractivity contribution in [1.29, 1.82) is 0 Å². The monoisotopic (exact) mass is 407 g/mol. The molecule has 0 unspecified atom stereocenters. The number of rotatable bonds is 4. The van der Waals surface area contributed by atoms with Crippen molar-refractivity contribution in [2.75, 3.05) is 5.32 Å². The molecule has 126 valence electrons. The first-order valence-electron chi connectivity index (χ1n) is 7.56. The number of hydrogen-bond acceptors (Lipinski definition) is 2. The molecular formula is C18H19BrFN3S. The average molecular weight is 408 g/mol. The molecule has 2 rings (SSSR count). The second-order valence-corrected chi connectivity index (χ2v) is 6.73. The highest BCUT2D eigenvalue weighted by atomic mass is 79.9. The normalized spacial score (nSPS) is 10.9. The quantitative estimate of drug-likeness (QED) is 0.421. The number of nitrogens with one attached hydrogen (secondary N) is 2. The first kappa shape index (κ1) is 18.5. The van der Waals surface area contributed by atoms with Gasteiger partial charge in [-0.1, -0.05) is 41.1 Å². The molecule has 0 aliphatic carbocycles. The Morgan fingerprint density at radius 2 is 1.96 bits per heavy atom. The van der Waals surface area contributed by atoms with E-state index in [2.05, 4.69) is 31.8 Å². The number of halogens is 2. The molecule has 0 heterocycles. The average Bonchev–Trinajstić information content (AvgIpc) is 2.52. The van der Waals surface area contributed by atoms with E-state index in [1.54, 1.807) is 0 Å². The molecule has 3 nitrogen and oxygen atoms in total. The predicted molar refractivity (Wildman–Crippen MR) is 106 cm³/mol. The summed E-state index contributed by atoms with van der Waals surface area (Å²) in [4.78, 5) is 0. The lowest BCUT2D eigenvalue weighted by Crippen LogP contribution is -2.24. The van der Waals surface area contributed by atoms with Crippen LogP contribution in [0.5, 0.6) is 0 Å². The van der Waals surface area contributed by atoms with Crippen LogP contribution in [0.15, 0.2) is 39.9 Å². The van der Waals surface area contributed by atoms with Gasteiger partial charge in [0.05, 0.1) is 6.21 Å². The minimum absolute atomic E-state index is 0.319.